The molecule has 3 saturated heterocycles. The highest BCUT2D eigenvalue weighted by molar-refractivity contribution is 6.34. The minimum Gasteiger partial charge on any atom is -0.392 e. The van der Waals surface area contributed by atoms with E-state index in [1.165, 1.54) is 4.90 Å². The number of fused-ring (bicyclic) bond motifs is 1. The summed E-state index contributed by atoms with van der Waals surface area (Å²) in [6, 6.07) is 32.0. The van der Waals surface area contributed by atoms with Gasteiger partial charge < -0.3 is 29.7 Å². The zero-order valence-electron chi connectivity index (χ0n) is 27.9. The van der Waals surface area contributed by atoms with E-state index >= 15 is 0 Å². The fraction of sp³-hybridized carbons (Fsp3) is 0.325. The third-order valence-corrected chi connectivity index (χ3v) is 10.9. The average molecular weight is 673 g/mol. The van der Waals surface area contributed by atoms with Gasteiger partial charge in [0.2, 0.25) is 5.91 Å². The molecule has 8 rings (SSSR count). The molecule has 3 fully saturated rings. The van der Waals surface area contributed by atoms with Gasteiger partial charge in [0.05, 0.1) is 42.3 Å². The number of aliphatic hydroxyl groups is 1. The van der Waals surface area contributed by atoms with Crippen LogP contribution in [0.5, 0.6) is 0 Å². The van der Waals surface area contributed by atoms with Crippen molar-refractivity contribution in [2.24, 2.45) is 5.92 Å². The van der Waals surface area contributed by atoms with Crippen molar-refractivity contribution in [2.75, 3.05) is 36.1 Å². The molecule has 2 N–H and O–H groups in total. The van der Waals surface area contributed by atoms with E-state index in [1.54, 1.807) is 36.4 Å². The zero-order valence-corrected chi connectivity index (χ0v) is 27.9. The summed E-state index contributed by atoms with van der Waals surface area (Å²) in [6.07, 6.45) is 0.247. The summed E-state index contributed by atoms with van der Waals surface area (Å²) >= 11 is 0. The van der Waals surface area contributed by atoms with Crippen molar-refractivity contribution in [3.05, 3.63) is 131 Å². The summed E-state index contributed by atoms with van der Waals surface area (Å²) in [5.41, 5.74) is 4.36. The van der Waals surface area contributed by atoms with E-state index in [9.17, 15) is 19.5 Å². The summed E-state index contributed by atoms with van der Waals surface area (Å²) < 4.78 is 13.4. The van der Waals surface area contributed by atoms with Gasteiger partial charge in [-0.05, 0) is 60.4 Å². The van der Waals surface area contributed by atoms with Gasteiger partial charge in [0, 0.05) is 36.8 Å². The molecular weight excluding hydrogens is 632 g/mol. The van der Waals surface area contributed by atoms with Gasteiger partial charge in [-0.2, -0.15) is 0 Å². The van der Waals surface area contributed by atoms with Crippen molar-refractivity contribution in [1.29, 1.82) is 0 Å². The predicted molar refractivity (Wildman–Crippen MR) is 187 cm³/mol. The van der Waals surface area contributed by atoms with Crippen LogP contribution in [0.1, 0.15) is 69.6 Å². The predicted octanol–water partition coefficient (Wildman–Crippen LogP) is 5.20. The number of nitrogens with zero attached hydrogens (tertiary/aromatic N) is 3. The molecule has 50 heavy (non-hydrogen) atoms. The Morgan fingerprint density at radius 3 is 2.02 bits per heavy atom. The maximum absolute atomic E-state index is 13.3. The Hall–Kier alpha value is -4.87. The van der Waals surface area contributed by atoms with Gasteiger partial charge in [0.25, 0.3) is 11.8 Å². The van der Waals surface area contributed by atoms with Gasteiger partial charge in [0.15, 0.2) is 6.29 Å². The van der Waals surface area contributed by atoms with Gasteiger partial charge in [-0.1, -0.05) is 73.7 Å². The first-order valence-corrected chi connectivity index (χ1v) is 17.3. The summed E-state index contributed by atoms with van der Waals surface area (Å²) in [5.74, 6) is -0.591. The Bertz CT molecular complexity index is 1860. The second kappa shape index (κ2) is 13.1. The van der Waals surface area contributed by atoms with Gasteiger partial charge in [-0.3, -0.25) is 14.4 Å². The highest BCUT2D eigenvalue weighted by atomic mass is 16.7. The van der Waals surface area contributed by atoms with Crippen LogP contribution >= 0.6 is 0 Å². The molecule has 0 saturated carbocycles. The third kappa shape index (κ3) is 5.58. The Labute approximate surface area is 291 Å². The summed E-state index contributed by atoms with van der Waals surface area (Å²) in [5, 5.41) is 12.7. The molecule has 4 aromatic rings. The first-order valence-electron chi connectivity index (χ1n) is 17.3. The molecule has 4 aromatic carbocycles. The number of rotatable bonds is 7. The maximum Gasteiger partial charge on any atom is 0.266 e. The summed E-state index contributed by atoms with van der Waals surface area (Å²) in [7, 11) is 0. The largest absolute Gasteiger partial charge is 0.392 e. The molecule has 0 aliphatic carbocycles. The minimum absolute atomic E-state index is 0.00432. The summed E-state index contributed by atoms with van der Waals surface area (Å²) in [4.78, 5) is 45.3. The van der Waals surface area contributed by atoms with Gasteiger partial charge >= 0.3 is 0 Å². The monoisotopic (exact) mass is 672 g/mol. The lowest BCUT2D eigenvalue weighted by Gasteiger charge is -2.46. The number of amides is 3. The number of hydrogen-bond donors (Lipinski definition) is 2. The number of likely N-dealkylation sites (tertiary alicyclic amines) is 1. The quantitative estimate of drug-likeness (QED) is 0.258. The molecular formula is C40H40N4O6. The Morgan fingerprint density at radius 1 is 0.760 bits per heavy atom. The van der Waals surface area contributed by atoms with Crippen molar-refractivity contribution in [2.45, 2.75) is 50.4 Å². The average Bonchev–Trinajstić information content (AvgIpc) is 3.61. The molecule has 3 amide bonds. The van der Waals surface area contributed by atoms with E-state index in [4.69, 9.17) is 9.47 Å². The Kier molecular flexibility index (Phi) is 8.48. The number of carbonyl (C=O) groups is 3. The van der Waals surface area contributed by atoms with Crippen LogP contribution in [-0.2, 0) is 20.9 Å². The summed E-state index contributed by atoms with van der Waals surface area (Å²) in [6.45, 7) is 4.78. The number of imide groups is 1. The molecule has 0 aromatic heterocycles. The number of ether oxygens (including phenoxy) is 2. The van der Waals surface area contributed by atoms with Crippen LogP contribution in [-0.4, -0.2) is 65.7 Å². The molecule has 1 spiro atoms. The molecule has 0 bridgehead atoms. The van der Waals surface area contributed by atoms with Gasteiger partial charge in [0.1, 0.15) is 5.54 Å². The number of nitrogens with one attached hydrogen (secondary N) is 1. The lowest BCUT2D eigenvalue weighted by atomic mass is 9.84. The van der Waals surface area contributed by atoms with E-state index in [1.807, 2.05) is 54.6 Å². The van der Waals surface area contributed by atoms with Crippen LogP contribution < -0.4 is 15.1 Å². The molecule has 4 aliphatic rings. The fourth-order valence-corrected chi connectivity index (χ4v) is 7.92. The molecule has 256 valence electrons. The van der Waals surface area contributed by atoms with E-state index in [2.05, 4.69) is 34.2 Å². The Morgan fingerprint density at radius 2 is 1.38 bits per heavy atom. The van der Waals surface area contributed by atoms with E-state index in [0.29, 0.717) is 42.9 Å². The SMILES string of the molecule is C[C@@H]1[C@H](CN2CCC3(CC2)C(=O)NCN3c2ccccc2)O[C@H](c2ccc(N3C(=O)c4ccccc4C3=O)cc2)O[C@@H]1c1ccc(CO)cc1. The standard InChI is InChI=1S/C40H40N4O6/c1-26-34(23-42-21-19-40(20-22-42)39(48)41-25-43(40)30-7-3-2-4-8-30)49-38(50-35(26)28-13-11-27(24-45)12-14-28)29-15-17-31(18-16-29)44-36(46)32-9-5-6-10-33(32)37(44)47/h2-18,26,34-35,38,45H,19-25H2,1H3,(H,41,48)/t26-,34+,35+,38+/m1/s1. The minimum atomic E-state index is -0.694. The number of anilines is 2. The van der Waals surface area contributed by atoms with Crippen molar-refractivity contribution in [3.8, 4) is 0 Å². The smallest absolute Gasteiger partial charge is 0.266 e. The number of benzene rings is 4. The van der Waals surface area contributed by atoms with Crippen LogP contribution in [0, 0.1) is 5.92 Å². The van der Waals surface area contributed by atoms with E-state index < -0.39 is 11.8 Å². The van der Waals surface area contributed by atoms with Crippen molar-refractivity contribution in [1.82, 2.24) is 10.2 Å². The highest BCUT2D eigenvalue weighted by Gasteiger charge is 2.51. The van der Waals surface area contributed by atoms with Crippen molar-refractivity contribution < 1.29 is 29.0 Å². The first-order chi connectivity index (χ1) is 24.4. The molecule has 4 atom stereocenters. The van der Waals surface area contributed by atoms with Gasteiger partial charge in [-0.15, -0.1) is 0 Å². The molecule has 4 aliphatic heterocycles. The number of piperidine rings is 1. The van der Waals surface area contributed by atoms with Crippen molar-refractivity contribution >= 4 is 29.1 Å². The molecule has 10 heteroatoms. The van der Waals surface area contributed by atoms with Crippen LogP contribution in [0.4, 0.5) is 11.4 Å². The highest BCUT2D eigenvalue weighted by Crippen LogP contribution is 2.43. The maximum atomic E-state index is 13.3. The molecule has 0 unspecified atom stereocenters. The fourth-order valence-electron chi connectivity index (χ4n) is 7.92. The molecule has 0 radical (unpaired) electrons. The lowest BCUT2D eigenvalue weighted by Crippen LogP contribution is -2.57. The topological polar surface area (TPSA) is 112 Å². The Balaban J connectivity index is 1.02. The van der Waals surface area contributed by atoms with Crippen LogP contribution in [0.3, 0.4) is 0 Å². The number of para-hydroxylation sites is 1. The van der Waals surface area contributed by atoms with E-state index in [0.717, 1.165) is 35.5 Å². The number of aliphatic hydroxyl groups excluding tert-OH is 1. The number of carbonyl (C=O) groups excluding carboxylic acids is 3. The number of hydrogen-bond acceptors (Lipinski definition) is 8. The van der Waals surface area contributed by atoms with Crippen molar-refractivity contribution in [3.63, 3.8) is 0 Å². The lowest BCUT2D eigenvalue weighted by molar-refractivity contribution is -0.276. The normalized spacial score (nSPS) is 24.9. The van der Waals surface area contributed by atoms with Crippen LogP contribution in [0.15, 0.2) is 103 Å². The first kappa shape index (κ1) is 32.3. The second-order valence-corrected chi connectivity index (χ2v) is 13.7. The van der Waals surface area contributed by atoms with Crippen LogP contribution in [0.25, 0.3) is 0 Å². The van der Waals surface area contributed by atoms with Gasteiger partial charge in [-0.25, -0.2) is 4.90 Å². The molecule has 4 heterocycles. The van der Waals surface area contributed by atoms with E-state index in [-0.39, 0.29) is 42.5 Å². The molecule has 10 nitrogen and oxygen atoms in total. The third-order valence-electron chi connectivity index (χ3n) is 10.9. The van der Waals surface area contributed by atoms with Crippen LogP contribution in [0.2, 0.25) is 0 Å². The second-order valence-electron chi connectivity index (χ2n) is 13.7. The zero-order chi connectivity index (χ0) is 34.4.